The van der Waals surface area contributed by atoms with Crippen LogP contribution in [0.5, 0.6) is 0 Å². The van der Waals surface area contributed by atoms with Crippen LogP contribution in [0.4, 0.5) is 0 Å². The van der Waals surface area contributed by atoms with Crippen LogP contribution in [0.3, 0.4) is 0 Å². The second-order valence-electron chi connectivity index (χ2n) is 2.56. The lowest BCUT2D eigenvalue weighted by atomic mass is 10.2. The lowest BCUT2D eigenvalue weighted by Gasteiger charge is -1.86. The van der Waals surface area contributed by atoms with E-state index in [0.29, 0.717) is 0 Å². The monoisotopic (exact) mass is 175 g/mol. The van der Waals surface area contributed by atoms with Gasteiger partial charge in [0.15, 0.2) is 0 Å². The molecule has 0 spiro atoms. The molecule has 1 aromatic heterocycles. The third-order valence-corrected chi connectivity index (χ3v) is 2.57. The first-order valence-electron chi connectivity index (χ1n) is 3.89. The molecule has 0 unspecified atom stereocenters. The molecule has 2 aromatic rings. The van der Waals surface area contributed by atoms with Crippen LogP contribution in [0.2, 0.25) is 0 Å². The molecule has 0 bridgehead atoms. The van der Waals surface area contributed by atoms with E-state index in [-0.39, 0.29) is 0 Å². The van der Waals surface area contributed by atoms with Crippen molar-refractivity contribution in [1.82, 2.24) is 4.37 Å². The third-order valence-electron chi connectivity index (χ3n) is 1.73. The molecule has 60 valence electrons. The molecule has 0 atom stereocenters. The number of aromatic nitrogens is 1. The maximum absolute atomic E-state index is 4.34. The fourth-order valence-electron chi connectivity index (χ4n) is 1.18. The minimum absolute atomic E-state index is 1.08. The lowest BCUT2D eigenvalue weighted by Crippen LogP contribution is -1.69. The summed E-state index contributed by atoms with van der Waals surface area (Å²) in [4.78, 5) is 0. The Hall–Kier alpha value is -1.15. The van der Waals surface area contributed by atoms with Crippen LogP contribution >= 0.6 is 11.5 Å². The summed E-state index contributed by atoms with van der Waals surface area (Å²) in [6.45, 7) is 2.01. The van der Waals surface area contributed by atoms with Crippen molar-refractivity contribution in [2.45, 2.75) is 6.92 Å². The van der Waals surface area contributed by atoms with E-state index < -0.39 is 0 Å². The van der Waals surface area contributed by atoms with Crippen molar-refractivity contribution in [3.05, 3.63) is 36.0 Å². The molecule has 0 aliphatic rings. The van der Waals surface area contributed by atoms with Gasteiger partial charge in [0.25, 0.3) is 0 Å². The second-order valence-corrected chi connectivity index (χ2v) is 3.37. The Morgan fingerprint density at radius 3 is 3.00 bits per heavy atom. The van der Waals surface area contributed by atoms with Gasteiger partial charge >= 0.3 is 0 Å². The Morgan fingerprint density at radius 2 is 2.17 bits per heavy atom. The zero-order valence-corrected chi connectivity index (χ0v) is 7.64. The minimum Gasteiger partial charge on any atom is -0.192 e. The SMILES string of the molecule is CC=Cc1nsc2ccccc12. The summed E-state index contributed by atoms with van der Waals surface area (Å²) >= 11 is 1.55. The van der Waals surface area contributed by atoms with Crippen molar-refractivity contribution in [3.8, 4) is 0 Å². The molecule has 2 heteroatoms. The lowest BCUT2D eigenvalue weighted by molar-refractivity contribution is 1.53. The smallest absolute Gasteiger partial charge is 0.0843 e. The Balaban J connectivity index is 2.70. The average molecular weight is 175 g/mol. The zero-order chi connectivity index (χ0) is 8.39. The summed E-state index contributed by atoms with van der Waals surface area (Å²) in [7, 11) is 0. The molecule has 1 heterocycles. The number of hydrogen-bond donors (Lipinski definition) is 0. The van der Waals surface area contributed by atoms with Gasteiger partial charge in [0, 0.05) is 5.39 Å². The van der Waals surface area contributed by atoms with Crippen LogP contribution in [0.1, 0.15) is 12.6 Å². The molecule has 0 N–H and O–H groups in total. The van der Waals surface area contributed by atoms with Gasteiger partial charge in [-0.05, 0) is 30.6 Å². The topological polar surface area (TPSA) is 12.9 Å². The highest BCUT2D eigenvalue weighted by Crippen LogP contribution is 2.22. The van der Waals surface area contributed by atoms with Gasteiger partial charge in [-0.2, -0.15) is 4.37 Å². The van der Waals surface area contributed by atoms with Crippen LogP contribution in [0, 0.1) is 0 Å². The Labute approximate surface area is 75.5 Å². The summed E-state index contributed by atoms with van der Waals surface area (Å²) in [6, 6.07) is 8.29. The van der Waals surface area contributed by atoms with Gasteiger partial charge in [0.05, 0.1) is 10.4 Å². The molecule has 1 aromatic carbocycles. The first kappa shape index (κ1) is 7.50. The van der Waals surface area contributed by atoms with E-state index in [2.05, 4.69) is 16.5 Å². The van der Waals surface area contributed by atoms with Crippen molar-refractivity contribution in [1.29, 1.82) is 0 Å². The van der Waals surface area contributed by atoms with E-state index in [1.165, 1.54) is 10.1 Å². The summed E-state index contributed by atoms with van der Waals surface area (Å²) in [5.41, 5.74) is 1.08. The minimum atomic E-state index is 1.08. The number of allylic oxidation sites excluding steroid dienone is 1. The third kappa shape index (κ3) is 1.14. The Kier molecular flexibility index (Phi) is 1.92. The first-order valence-corrected chi connectivity index (χ1v) is 4.66. The maximum atomic E-state index is 4.34. The fraction of sp³-hybridized carbons (Fsp3) is 0.100. The summed E-state index contributed by atoms with van der Waals surface area (Å²) in [5.74, 6) is 0. The molecule has 1 nitrogen and oxygen atoms in total. The van der Waals surface area contributed by atoms with Gasteiger partial charge in [0.2, 0.25) is 0 Å². The summed E-state index contributed by atoms with van der Waals surface area (Å²) in [5, 5.41) is 1.25. The van der Waals surface area contributed by atoms with Crippen molar-refractivity contribution >= 4 is 27.7 Å². The zero-order valence-electron chi connectivity index (χ0n) is 6.82. The van der Waals surface area contributed by atoms with Crippen LogP contribution < -0.4 is 0 Å². The van der Waals surface area contributed by atoms with Crippen molar-refractivity contribution in [3.63, 3.8) is 0 Å². The quantitative estimate of drug-likeness (QED) is 0.647. The van der Waals surface area contributed by atoms with Gasteiger partial charge in [-0.25, -0.2) is 0 Å². The second kappa shape index (κ2) is 3.07. The van der Waals surface area contributed by atoms with Crippen LogP contribution in [-0.2, 0) is 0 Å². The fourth-order valence-corrected chi connectivity index (χ4v) is 1.95. The largest absolute Gasteiger partial charge is 0.192 e. The Morgan fingerprint density at radius 1 is 1.33 bits per heavy atom. The van der Waals surface area contributed by atoms with Crippen molar-refractivity contribution in [2.75, 3.05) is 0 Å². The number of hydrogen-bond acceptors (Lipinski definition) is 2. The van der Waals surface area contributed by atoms with Gasteiger partial charge in [-0.3, -0.25) is 0 Å². The highest BCUT2D eigenvalue weighted by atomic mass is 32.1. The highest BCUT2D eigenvalue weighted by Gasteiger charge is 1.99. The molecule has 2 rings (SSSR count). The molecule has 0 saturated heterocycles. The molecule has 0 fully saturated rings. The molecular formula is C10H9NS. The van der Waals surface area contributed by atoms with E-state index in [0.717, 1.165) is 5.69 Å². The molecule has 0 saturated carbocycles. The van der Waals surface area contributed by atoms with Crippen LogP contribution in [0.25, 0.3) is 16.2 Å². The van der Waals surface area contributed by atoms with Crippen molar-refractivity contribution in [2.24, 2.45) is 0 Å². The maximum Gasteiger partial charge on any atom is 0.0843 e. The number of benzene rings is 1. The molecule has 12 heavy (non-hydrogen) atoms. The summed E-state index contributed by atoms with van der Waals surface area (Å²) in [6.07, 6.45) is 4.06. The predicted molar refractivity (Wildman–Crippen MR) is 54.3 cm³/mol. The molecule has 0 radical (unpaired) electrons. The predicted octanol–water partition coefficient (Wildman–Crippen LogP) is 3.33. The van der Waals surface area contributed by atoms with Gasteiger partial charge < -0.3 is 0 Å². The van der Waals surface area contributed by atoms with Gasteiger partial charge in [0.1, 0.15) is 0 Å². The van der Waals surface area contributed by atoms with Crippen LogP contribution in [-0.4, -0.2) is 4.37 Å². The summed E-state index contributed by atoms with van der Waals surface area (Å²) < 4.78 is 5.60. The van der Waals surface area contributed by atoms with E-state index >= 15 is 0 Å². The van der Waals surface area contributed by atoms with Gasteiger partial charge in [-0.15, -0.1) is 0 Å². The highest BCUT2D eigenvalue weighted by molar-refractivity contribution is 7.13. The normalized spacial score (nSPS) is 11.4. The average Bonchev–Trinajstić information content (AvgIpc) is 2.50. The van der Waals surface area contributed by atoms with Gasteiger partial charge in [-0.1, -0.05) is 24.3 Å². The van der Waals surface area contributed by atoms with E-state index in [1.54, 1.807) is 11.5 Å². The molecule has 0 amide bonds. The van der Waals surface area contributed by atoms with E-state index in [9.17, 15) is 0 Å². The number of fused-ring (bicyclic) bond motifs is 1. The van der Waals surface area contributed by atoms with E-state index in [4.69, 9.17) is 0 Å². The number of nitrogens with zero attached hydrogens (tertiary/aromatic N) is 1. The first-order chi connectivity index (χ1) is 5.92. The standard InChI is InChI=1S/C10H9NS/c1-2-5-9-8-6-3-4-7-10(8)12-11-9/h2-7H,1H3. The molecule has 0 aliphatic carbocycles. The van der Waals surface area contributed by atoms with Crippen molar-refractivity contribution < 1.29 is 0 Å². The Bertz CT molecular complexity index is 414. The number of rotatable bonds is 1. The van der Waals surface area contributed by atoms with E-state index in [1.807, 2.05) is 31.2 Å². The van der Waals surface area contributed by atoms with Crippen LogP contribution in [0.15, 0.2) is 30.3 Å². The molecule has 0 aliphatic heterocycles. The molecular weight excluding hydrogens is 166 g/mol.